The zero-order valence-electron chi connectivity index (χ0n) is 5.59. The van der Waals surface area contributed by atoms with E-state index in [2.05, 4.69) is 5.32 Å². The van der Waals surface area contributed by atoms with Crippen molar-refractivity contribution in [1.82, 2.24) is 5.32 Å². The largest absolute Gasteiger partial charge is 0.616 e. The molecule has 0 aliphatic carbocycles. The number of rotatable bonds is 1. The molecule has 0 spiro atoms. The van der Waals surface area contributed by atoms with Crippen LogP contribution in [0.1, 0.15) is 6.92 Å². The molecule has 2 N–H and O–H groups in total. The maximum absolute atomic E-state index is 10.6. The van der Waals surface area contributed by atoms with Crippen molar-refractivity contribution in [3.05, 3.63) is 0 Å². The molecule has 1 heterocycles. The zero-order chi connectivity index (χ0) is 7.78. The van der Waals surface area contributed by atoms with Crippen molar-refractivity contribution in [1.29, 1.82) is 0 Å². The Morgan fingerprint density at radius 3 is 2.60 bits per heavy atom. The topological polar surface area (TPSA) is 72.4 Å². The van der Waals surface area contributed by atoms with Gasteiger partial charge in [0.25, 0.3) is 0 Å². The fourth-order valence-electron chi connectivity index (χ4n) is 0.999. The third-order valence-electron chi connectivity index (χ3n) is 1.37. The SMILES string of the molecule is C[C@]1(NC(=O)O)C[S@+]([O-])C1. The Labute approximate surface area is 61.8 Å². The van der Waals surface area contributed by atoms with Crippen molar-refractivity contribution in [3.63, 3.8) is 0 Å². The van der Waals surface area contributed by atoms with Crippen molar-refractivity contribution in [2.24, 2.45) is 0 Å². The van der Waals surface area contributed by atoms with Crippen molar-refractivity contribution in [3.8, 4) is 0 Å². The summed E-state index contributed by atoms with van der Waals surface area (Å²) >= 11 is -0.804. The first kappa shape index (κ1) is 7.68. The van der Waals surface area contributed by atoms with E-state index in [0.717, 1.165) is 0 Å². The molecule has 0 unspecified atom stereocenters. The predicted molar refractivity (Wildman–Crippen MR) is 37.4 cm³/mol. The van der Waals surface area contributed by atoms with Crippen LogP contribution >= 0.6 is 0 Å². The first-order chi connectivity index (χ1) is 4.52. The van der Waals surface area contributed by atoms with Gasteiger partial charge in [0.1, 0.15) is 17.0 Å². The molecule has 1 aliphatic rings. The van der Waals surface area contributed by atoms with Gasteiger partial charge in [-0.15, -0.1) is 0 Å². The Hall–Kier alpha value is -0.420. The summed E-state index contributed by atoms with van der Waals surface area (Å²) in [5, 5.41) is 10.6. The van der Waals surface area contributed by atoms with Crippen LogP contribution in [0.4, 0.5) is 4.79 Å². The van der Waals surface area contributed by atoms with Crippen molar-refractivity contribution >= 4 is 17.3 Å². The second-order valence-electron chi connectivity index (χ2n) is 2.72. The molecule has 0 aromatic heterocycles. The quantitative estimate of drug-likeness (QED) is 0.525. The van der Waals surface area contributed by atoms with E-state index >= 15 is 0 Å². The number of amides is 1. The van der Waals surface area contributed by atoms with Gasteiger partial charge in [-0.1, -0.05) is 0 Å². The molecule has 58 valence electrons. The van der Waals surface area contributed by atoms with Gasteiger partial charge in [-0.3, -0.25) is 0 Å². The molecule has 1 aliphatic heterocycles. The van der Waals surface area contributed by atoms with Gasteiger partial charge < -0.3 is 15.0 Å². The van der Waals surface area contributed by atoms with Crippen molar-refractivity contribution < 1.29 is 14.5 Å². The van der Waals surface area contributed by atoms with Crippen LogP contribution in [0.2, 0.25) is 0 Å². The van der Waals surface area contributed by atoms with E-state index in [9.17, 15) is 9.35 Å². The molecular formula is C5H9NO3S. The van der Waals surface area contributed by atoms with Crippen molar-refractivity contribution in [2.75, 3.05) is 11.5 Å². The standard InChI is InChI=1S/C5H9NO3S/c1-5(6-4(7)8)2-10(9)3-5/h6H,2-3H2,1H3,(H,7,8)/t5-,10-. The lowest BCUT2D eigenvalue weighted by atomic mass is 10.1. The van der Waals surface area contributed by atoms with Gasteiger partial charge in [0.15, 0.2) is 0 Å². The van der Waals surface area contributed by atoms with Crippen LogP contribution in [-0.2, 0) is 11.2 Å². The Morgan fingerprint density at radius 2 is 2.30 bits per heavy atom. The molecule has 1 fully saturated rings. The summed E-state index contributed by atoms with van der Waals surface area (Å²) in [4.78, 5) is 10.1. The lowest BCUT2D eigenvalue weighted by Crippen LogP contribution is -2.63. The van der Waals surface area contributed by atoms with E-state index < -0.39 is 22.8 Å². The molecule has 4 nitrogen and oxygen atoms in total. The number of nitrogens with one attached hydrogen (secondary N) is 1. The lowest BCUT2D eigenvalue weighted by molar-refractivity contribution is 0.183. The Morgan fingerprint density at radius 1 is 1.80 bits per heavy atom. The third-order valence-corrected chi connectivity index (χ3v) is 3.29. The second-order valence-corrected chi connectivity index (χ2v) is 4.18. The molecule has 1 amide bonds. The summed E-state index contributed by atoms with van der Waals surface area (Å²) in [6, 6.07) is 0. The number of hydrogen-bond acceptors (Lipinski definition) is 2. The summed E-state index contributed by atoms with van der Waals surface area (Å²) in [5.41, 5.74) is -0.434. The summed E-state index contributed by atoms with van der Waals surface area (Å²) in [6.07, 6.45) is -1.04. The van der Waals surface area contributed by atoms with Crippen LogP contribution in [0.15, 0.2) is 0 Å². The van der Waals surface area contributed by atoms with Gasteiger partial charge >= 0.3 is 6.09 Å². The van der Waals surface area contributed by atoms with Gasteiger partial charge in [0.2, 0.25) is 0 Å². The first-order valence-electron chi connectivity index (χ1n) is 2.88. The Kier molecular flexibility index (Phi) is 1.78. The van der Waals surface area contributed by atoms with E-state index in [4.69, 9.17) is 5.11 Å². The summed E-state index contributed by atoms with van der Waals surface area (Å²) in [6.45, 7) is 1.75. The van der Waals surface area contributed by atoms with Gasteiger partial charge in [-0.2, -0.15) is 0 Å². The van der Waals surface area contributed by atoms with Gasteiger partial charge in [0.05, 0.1) is 0 Å². The van der Waals surface area contributed by atoms with Crippen LogP contribution in [0.25, 0.3) is 0 Å². The molecule has 0 aromatic carbocycles. The lowest BCUT2D eigenvalue weighted by Gasteiger charge is -2.38. The number of carbonyl (C=O) groups is 1. The average Bonchev–Trinajstić information content (AvgIpc) is 1.57. The van der Waals surface area contributed by atoms with Gasteiger partial charge in [-0.05, 0) is 18.1 Å². The minimum atomic E-state index is -1.04. The zero-order valence-corrected chi connectivity index (χ0v) is 6.40. The van der Waals surface area contributed by atoms with E-state index in [1.54, 1.807) is 6.92 Å². The summed E-state index contributed by atoms with van der Waals surface area (Å²) < 4.78 is 10.6. The highest BCUT2D eigenvalue weighted by Crippen LogP contribution is 2.22. The normalized spacial score (nSPS) is 38.4. The monoisotopic (exact) mass is 163 g/mol. The maximum Gasteiger partial charge on any atom is 0.405 e. The molecule has 0 aromatic rings. The number of hydrogen-bond donors (Lipinski definition) is 2. The molecule has 1 saturated heterocycles. The highest BCUT2D eigenvalue weighted by molar-refractivity contribution is 7.93. The van der Waals surface area contributed by atoms with E-state index in [0.29, 0.717) is 11.5 Å². The molecule has 5 heteroatoms. The van der Waals surface area contributed by atoms with Crippen LogP contribution in [0.5, 0.6) is 0 Å². The highest BCUT2D eigenvalue weighted by Gasteiger charge is 2.45. The summed E-state index contributed by atoms with van der Waals surface area (Å²) in [7, 11) is 0. The Bertz CT molecular complexity index is 155. The minimum Gasteiger partial charge on any atom is -0.616 e. The average molecular weight is 163 g/mol. The first-order valence-corrected chi connectivity index (χ1v) is 4.37. The van der Waals surface area contributed by atoms with Crippen LogP contribution < -0.4 is 5.32 Å². The number of carboxylic acid groups (broad SMARTS) is 1. The molecule has 0 atom stereocenters. The van der Waals surface area contributed by atoms with Crippen molar-refractivity contribution in [2.45, 2.75) is 12.5 Å². The second kappa shape index (κ2) is 2.32. The maximum atomic E-state index is 10.6. The minimum absolute atomic E-state index is 0.434. The molecule has 0 bridgehead atoms. The molecule has 0 radical (unpaired) electrons. The molecule has 10 heavy (non-hydrogen) atoms. The van der Waals surface area contributed by atoms with Gasteiger partial charge in [-0.25, -0.2) is 4.79 Å². The fraction of sp³-hybridized carbons (Fsp3) is 0.800. The van der Waals surface area contributed by atoms with E-state index in [1.165, 1.54) is 0 Å². The highest BCUT2D eigenvalue weighted by atomic mass is 32.2. The summed E-state index contributed by atoms with van der Waals surface area (Å²) in [5.74, 6) is 0.887. The molecule has 0 saturated carbocycles. The van der Waals surface area contributed by atoms with Crippen LogP contribution in [0.3, 0.4) is 0 Å². The van der Waals surface area contributed by atoms with Gasteiger partial charge in [0, 0.05) is 0 Å². The predicted octanol–water partition coefficient (Wildman–Crippen LogP) is -0.225. The van der Waals surface area contributed by atoms with Crippen LogP contribution in [-0.4, -0.2) is 32.8 Å². The van der Waals surface area contributed by atoms with E-state index in [-0.39, 0.29) is 0 Å². The fourth-order valence-corrected chi connectivity index (χ4v) is 2.48. The molecular weight excluding hydrogens is 154 g/mol. The molecule has 1 rings (SSSR count). The van der Waals surface area contributed by atoms with E-state index in [1.807, 2.05) is 0 Å². The smallest absolute Gasteiger partial charge is 0.405 e. The van der Waals surface area contributed by atoms with Crippen LogP contribution in [0, 0.1) is 0 Å². The third kappa shape index (κ3) is 1.54. The Balaban J connectivity index is 2.34.